The van der Waals surface area contributed by atoms with Crippen LogP contribution >= 0.6 is 11.8 Å². The molecule has 0 radical (unpaired) electrons. The molecule has 0 spiro atoms. The molecule has 5 nitrogen and oxygen atoms in total. The highest BCUT2D eigenvalue weighted by molar-refractivity contribution is 7.98. The van der Waals surface area contributed by atoms with Gasteiger partial charge in [-0.25, -0.2) is 0 Å². The van der Waals surface area contributed by atoms with Crippen molar-refractivity contribution in [1.29, 1.82) is 21.2 Å². The maximum absolute atomic E-state index is 10.1. The summed E-state index contributed by atoms with van der Waals surface area (Å²) in [5.41, 5.74) is 0.0518. The van der Waals surface area contributed by atoms with Crippen LogP contribution in [0.4, 0.5) is 0 Å². The van der Waals surface area contributed by atoms with E-state index in [1.165, 1.54) is 0 Å². The number of hydrogen-bond acceptors (Lipinski definition) is 6. The SMILES string of the molecule is CSc1ccc([C@H]2[C@@H]3CN(C(C)C)CC=C3C(C#N)C(=N)C2(C#N)C#N)cc1. The summed E-state index contributed by atoms with van der Waals surface area (Å²) in [6.07, 6.45) is 4.04. The zero-order valence-electron chi connectivity index (χ0n) is 16.3. The van der Waals surface area contributed by atoms with E-state index in [4.69, 9.17) is 5.41 Å². The van der Waals surface area contributed by atoms with Gasteiger partial charge in [-0.05, 0) is 43.4 Å². The van der Waals surface area contributed by atoms with Gasteiger partial charge in [0.05, 0.1) is 23.9 Å². The Morgan fingerprint density at radius 3 is 2.32 bits per heavy atom. The second-order valence-corrected chi connectivity index (χ2v) is 8.50. The van der Waals surface area contributed by atoms with Crippen molar-refractivity contribution in [3.05, 3.63) is 41.5 Å². The lowest BCUT2D eigenvalue weighted by molar-refractivity contribution is 0.171. The molecule has 1 aromatic rings. The number of rotatable bonds is 3. The standard InChI is InChI=1S/C22H23N5S/c1-14(2)27-9-8-17-18(10-23)21(26)22(12-24,13-25)20(19(17)11-27)15-4-6-16(28-3)7-5-15/h4-8,14,18-20,26H,9,11H2,1-3H3/t18?,19-,20+/m1/s1. The average Bonchev–Trinajstić information content (AvgIpc) is 2.72. The lowest BCUT2D eigenvalue weighted by Crippen LogP contribution is -2.53. The van der Waals surface area contributed by atoms with E-state index in [0.29, 0.717) is 12.6 Å². The molecular weight excluding hydrogens is 366 g/mol. The number of fused-ring (bicyclic) bond motifs is 1. The largest absolute Gasteiger partial charge is 0.305 e. The molecule has 1 saturated carbocycles. The van der Waals surface area contributed by atoms with E-state index >= 15 is 0 Å². The fourth-order valence-electron chi connectivity index (χ4n) is 4.44. The molecule has 1 unspecified atom stereocenters. The molecule has 0 saturated heterocycles. The summed E-state index contributed by atoms with van der Waals surface area (Å²) in [6, 6.07) is 14.7. The van der Waals surface area contributed by atoms with Crippen molar-refractivity contribution in [3.63, 3.8) is 0 Å². The zero-order valence-corrected chi connectivity index (χ0v) is 17.1. The van der Waals surface area contributed by atoms with Gasteiger partial charge in [0.15, 0.2) is 5.41 Å². The molecular formula is C22H23N5S. The Morgan fingerprint density at radius 2 is 1.82 bits per heavy atom. The number of nitrogens with one attached hydrogen (secondary N) is 1. The number of benzene rings is 1. The number of nitrogens with zero attached hydrogens (tertiary/aromatic N) is 4. The van der Waals surface area contributed by atoms with Gasteiger partial charge >= 0.3 is 0 Å². The average molecular weight is 390 g/mol. The van der Waals surface area contributed by atoms with Crippen molar-refractivity contribution in [2.45, 2.75) is 30.7 Å². The molecule has 0 aromatic heterocycles. The maximum Gasteiger partial charge on any atom is 0.189 e. The van der Waals surface area contributed by atoms with E-state index < -0.39 is 17.3 Å². The predicted molar refractivity (Wildman–Crippen MR) is 110 cm³/mol. The van der Waals surface area contributed by atoms with E-state index in [2.05, 4.69) is 37.0 Å². The molecule has 6 heteroatoms. The number of nitriles is 3. The Morgan fingerprint density at radius 1 is 1.18 bits per heavy atom. The minimum absolute atomic E-state index is 0.0839. The summed E-state index contributed by atoms with van der Waals surface area (Å²) >= 11 is 1.63. The quantitative estimate of drug-likeness (QED) is 0.623. The summed E-state index contributed by atoms with van der Waals surface area (Å²) in [7, 11) is 0. The second kappa shape index (κ2) is 7.80. The van der Waals surface area contributed by atoms with Crippen molar-refractivity contribution in [3.8, 4) is 18.2 Å². The van der Waals surface area contributed by atoms with Crippen molar-refractivity contribution in [1.82, 2.24) is 4.90 Å². The zero-order chi connectivity index (χ0) is 20.5. The Kier molecular flexibility index (Phi) is 5.61. The van der Waals surface area contributed by atoms with Crippen molar-refractivity contribution < 1.29 is 0 Å². The van der Waals surface area contributed by atoms with E-state index in [0.717, 1.165) is 22.6 Å². The first-order valence-corrected chi connectivity index (χ1v) is 10.5. The third kappa shape index (κ3) is 3.02. The summed E-state index contributed by atoms with van der Waals surface area (Å²) in [5, 5.41) is 38.5. The summed E-state index contributed by atoms with van der Waals surface area (Å²) in [5.74, 6) is -1.42. The van der Waals surface area contributed by atoms with Gasteiger partial charge in [-0.3, -0.25) is 4.90 Å². The monoisotopic (exact) mass is 389 g/mol. The van der Waals surface area contributed by atoms with Crippen molar-refractivity contribution in [2.75, 3.05) is 19.3 Å². The molecule has 0 bridgehead atoms. The minimum atomic E-state index is -1.64. The van der Waals surface area contributed by atoms with Gasteiger partial charge in [0.2, 0.25) is 0 Å². The van der Waals surface area contributed by atoms with Crippen LogP contribution in [0.5, 0.6) is 0 Å². The highest BCUT2D eigenvalue weighted by Gasteiger charge is 2.57. The van der Waals surface area contributed by atoms with Crippen LogP contribution in [-0.4, -0.2) is 36.0 Å². The van der Waals surface area contributed by atoms with E-state index in [9.17, 15) is 15.8 Å². The molecule has 1 heterocycles. The van der Waals surface area contributed by atoms with Crippen LogP contribution in [0.1, 0.15) is 25.3 Å². The van der Waals surface area contributed by atoms with Crippen LogP contribution < -0.4 is 0 Å². The van der Waals surface area contributed by atoms with Gasteiger partial charge < -0.3 is 5.41 Å². The topological polar surface area (TPSA) is 98.5 Å². The molecule has 1 N–H and O–H groups in total. The third-order valence-electron chi connectivity index (χ3n) is 6.02. The third-order valence-corrected chi connectivity index (χ3v) is 6.77. The Hall–Kier alpha value is -2.59. The van der Waals surface area contributed by atoms with Gasteiger partial charge in [-0.2, -0.15) is 15.8 Å². The van der Waals surface area contributed by atoms with Crippen molar-refractivity contribution >= 4 is 17.5 Å². The summed E-state index contributed by atoms with van der Waals surface area (Å²) < 4.78 is 0. The smallest absolute Gasteiger partial charge is 0.189 e. The lowest BCUT2D eigenvalue weighted by Gasteiger charge is -2.48. The van der Waals surface area contributed by atoms with Gasteiger partial charge in [0.25, 0.3) is 0 Å². The molecule has 142 valence electrons. The van der Waals surface area contributed by atoms with E-state index in [1.54, 1.807) is 11.8 Å². The fourth-order valence-corrected chi connectivity index (χ4v) is 4.85. The minimum Gasteiger partial charge on any atom is -0.305 e. The molecule has 1 aromatic carbocycles. The lowest BCUT2D eigenvalue weighted by atomic mass is 9.54. The maximum atomic E-state index is 10.1. The van der Waals surface area contributed by atoms with Crippen LogP contribution in [-0.2, 0) is 0 Å². The molecule has 2 aliphatic rings. The summed E-state index contributed by atoms with van der Waals surface area (Å²) in [4.78, 5) is 3.40. The van der Waals surface area contributed by atoms with Crippen LogP contribution in [0.25, 0.3) is 0 Å². The molecule has 1 fully saturated rings. The second-order valence-electron chi connectivity index (χ2n) is 7.62. The number of thioether (sulfide) groups is 1. The molecule has 3 atom stereocenters. The highest BCUT2D eigenvalue weighted by atomic mass is 32.2. The Balaban J connectivity index is 2.21. The van der Waals surface area contributed by atoms with Crippen LogP contribution in [0.2, 0.25) is 0 Å². The molecule has 0 amide bonds. The highest BCUT2D eigenvalue weighted by Crippen LogP contribution is 2.53. The van der Waals surface area contributed by atoms with E-state index in [1.807, 2.05) is 36.6 Å². The molecule has 1 aliphatic heterocycles. The normalized spacial score (nSPS) is 26.5. The first kappa shape index (κ1) is 20.2. The van der Waals surface area contributed by atoms with Crippen LogP contribution in [0.15, 0.2) is 40.8 Å². The summed E-state index contributed by atoms with van der Waals surface area (Å²) in [6.45, 7) is 5.64. The van der Waals surface area contributed by atoms with Gasteiger partial charge in [-0.1, -0.05) is 18.2 Å². The Bertz CT molecular complexity index is 912. The number of hydrogen-bond donors (Lipinski definition) is 1. The van der Waals surface area contributed by atoms with Gasteiger partial charge in [0, 0.05) is 35.9 Å². The molecule has 3 rings (SSSR count). The Labute approximate surface area is 170 Å². The van der Waals surface area contributed by atoms with Crippen LogP contribution in [0.3, 0.4) is 0 Å². The first-order valence-electron chi connectivity index (χ1n) is 9.32. The van der Waals surface area contributed by atoms with Crippen LogP contribution in [0, 0.1) is 56.7 Å². The van der Waals surface area contributed by atoms with Gasteiger partial charge in [0.1, 0.15) is 5.92 Å². The van der Waals surface area contributed by atoms with Crippen molar-refractivity contribution in [2.24, 2.45) is 17.3 Å². The fraction of sp³-hybridized carbons (Fsp3) is 0.455. The predicted octanol–water partition coefficient (Wildman–Crippen LogP) is 3.97. The van der Waals surface area contributed by atoms with Gasteiger partial charge in [-0.15, -0.1) is 11.8 Å². The molecule has 28 heavy (non-hydrogen) atoms. The van der Waals surface area contributed by atoms with E-state index in [-0.39, 0.29) is 11.6 Å². The molecule has 1 aliphatic carbocycles. The first-order chi connectivity index (χ1) is 13.4.